The van der Waals surface area contributed by atoms with E-state index in [1.165, 1.54) is 18.2 Å². The van der Waals surface area contributed by atoms with Crippen LogP contribution in [0, 0.1) is 18.6 Å². The van der Waals surface area contributed by atoms with Gasteiger partial charge in [-0.15, -0.1) is 0 Å². The molecule has 0 aliphatic heterocycles. The number of nitrogens with two attached hydrogens (primary N) is 1. The van der Waals surface area contributed by atoms with Crippen LogP contribution in [-0.4, -0.2) is 27.4 Å². The Kier molecular flexibility index (Phi) is 6.36. The number of carbonyl (C=O) groups is 1. The molecule has 160 valence electrons. The van der Waals surface area contributed by atoms with Crippen molar-refractivity contribution in [2.75, 3.05) is 6.54 Å². The summed E-state index contributed by atoms with van der Waals surface area (Å²) in [7, 11) is 0. The average molecular weight is 416 g/mol. The summed E-state index contributed by atoms with van der Waals surface area (Å²) < 4.78 is 35.0. The molecule has 3 rings (SSSR count). The summed E-state index contributed by atoms with van der Waals surface area (Å²) >= 11 is 0. The highest BCUT2D eigenvalue weighted by molar-refractivity contribution is 5.95. The van der Waals surface area contributed by atoms with E-state index in [1.807, 2.05) is 13.8 Å². The fraction of sp³-hybridized carbons (Fsp3) is 0.364. The fourth-order valence-electron chi connectivity index (χ4n) is 3.39. The molecule has 8 heteroatoms. The van der Waals surface area contributed by atoms with E-state index in [-0.39, 0.29) is 18.1 Å². The number of ether oxygens (including phenoxy) is 1. The number of nitrogens with one attached hydrogen (secondary N) is 1. The lowest BCUT2D eigenvalue weighted by molar-refractivity contribution is 0.0937. The predicted octanol–water partition coefficient (Wildman–Crippen LogP) is 3.75. The van der Waals surface area contributed by atoms with Crippen LogP contribution in [0.1, 0.15) is 48.4 Å². The third-order valence-electron chi connectivity index (χ3n) is 4.91. The first-order chi connectivity index (χ1) is 14.2. The van der Waals surface area contributed by atoms with Crippen LogP contribution in [0.5, 0.6) is 5.75 Å². The summed E-state index contributed by atoms with van der Waals surface area (Å²) in [5, 5.41) is 2.87. The van der Waals surface area contributed by atoms with Gasteiger partial charge in [-0.1, -0.05) is 19.4 Å². The van der Waals surface area contributed by atoms with E-state index in [0.29, 0.717) is 29.3 Å². The Morgan fingerprint density at radius 1 is 1.27 bits per heavy atom. The minimum Gasteiger partial charge on any atom is -0.485 e. The maximum absolute atomic E-state index is 13.9. The van der Waals surface area contributed by atoms with E-state index in [9.17, 15) is 13.6 Å². The van der Waals surface area contributed by atoms with E-state index in [4.69, 9.17) is 10.5 Å². The number of benzene rings is 1. The fourth-order valence-corrected chi connectivity index (χ4v) is 3.39. The smallest absolute Gasteiger partial charge is 0.270 e. The molecule has 0 fully saturated rings. The third-order valence-corrected chi connectivity index (χ3v) is 4.91. The number of pyridine rings is 1. The van der Waals surface area contributed by atoms with Crippen LogP contribution in [0.2, 0.25) is 0 Å². The maximum Gasteiger partial charge on any atom is 0.270 e. The summed E-state index contributed by atoms with van der Waals surface area (Å²) in [6, 6.07) is 6.97. The Hall–Kier alpha value is -3.00. The highest BCUT2D eigenvalue weighted by Crippen LogP contribution is 2.24. The molecule has 0 spiro atoms. The predicted molar refractivity (Wildman–Crippen MR) is 110 cm³/mol. The minimum absolute atomic E-state index is 0.168. The van der Waals surface area contributed by atoms with Crippen molar-refractivity contribution < 1.29 is 18.3 Å². The lowest BCUT2D eigenvalue weighted by Gasteiger charge is -2.24. The van der Waals surface area contributed by atoms with Gasteiger partial charge in [0.2, 0.25) is 0 Å². The molecule has 0 saturated heterocycles. The van der Waals surface area contributed by atoms with E-state index in [2.05, 4.69) is 10.3 Å². The second-order valence-corrected chi connectivity index (χ2v) is 7.69. The number of carbonyl (C=O) groups excluding carboxylic acids is 1. The van der Waals surface area contributed by atoms with Gasteiger partial charge in [0, 0.05) is 18.3 Å². The molecule has 1 atom stereocenters. The van der Waals surface area contributed by atoms with Gasteiger partial charge in [0.15, 0.2) is 11.4 Å². The molecule has 30 heavy (non-hydrogen) atoms. The van der Waals surface area contributed by atoms with Gasteiger partial charge in [-0.3, -0.25) is 9.20 Å². The lowest BCUT2D eigenvalue weighted by Crippen LogP contribution is -2.47. The molecule has 1 amide bonds. The monoisotopic (exact) mass is 416 g/mol. The van der Waals surface area contributed by atoms with Crippen molar-refractivity contribution in [2.45, 2.75) is 45.8 Å². The molecule has 0 aliphatic carbocycles. The van der Waals surface area contributed by atoms with Gasteiger partial charge in [-0.2, -0.15) is 0 Å². The van der Waals surface area contributed by atoms with E-state index in [0.717, 1.165) is 12.8 Å². The molecule has 0 bridgehead atoms. The Balaban J connectivity index is 1.84. The molecular formula is C22H26F2N4O2. The van der Waals surface area contributed by atoms with Gasteiger partial charge >= 0.3 is 0 Å². The van der Waals surface area contributed by atoms with Crippen LogP contribution < -0.4 is 15.8 Å². The molecule has 0 radical (unpaired) electrons. The normalized spacial score (nSPS) is 13.3. The van der Waals surface area contributed by atoms with Crippen molar-refractivity contribution in [1.82, 2.24) is 14.7 Å². The second kappa shape index (κ2) is 8.79. The van der Waals surface area contributed by atoms with E-state index < -0.39 is 17.2 Å². The molecule has 3 aromatic rings. The Morgan fingerprint density at radius 2 is 1.97 bits per heavy atom. The Bertz CT molecular complexity index is 1040. The molecule has 0 saturated carbocycles. The molecule has 2 heterocycles. The average Bonchev–Trinajstić information content (AvgIpc) is 3.02. The number of aromatic nitrogens is 2. The first-order valence-corrected chi connectivity index (χ1v) is 9.84. The van der Waals surface area contributed by atoms with Gasteiger partial charge in [-0.25, -0.2) is 13.8 Å². The van der Waals surface area contributed by atoms with Crippen molar-refractivity contribution in [3.63, 3.8) is 0 Å². The van der Waals surface area contributed by atoms with Crippen LogP contribution in [0.25, 0.3) is 5.65 Å². The molecule has 6 nitrogen and oxygen atoms in total. The standard InChI is InChI=1S/C22H26F2N4O2/c1-4-10-22(3,25)13-26-21(29)19-14(2)27-20-18(9-6-11-28(19)20)30-12-15-16(23)7-5-8-17(15)24/h5-9,11H,4,10,12-13,25H2,1-3H3,(H,26,29). The summed E-state index contributed by atoms with van der Waals surface area (Å²) in [5.74, 6) is -1.35. The number of nitrogens with zero attached hydrogens (tertiary/aromatic N) is 2. The van der Waals surface area contributed by atoms with Crippen molar-refractivity contribution in [1.29, 1.82) is 0 Å². The minimum atomic E-state index is -0.682. The zero-order chi connectivity index (χ0) is 21.9. The second-order valence-electron chi connectivity index (χ2n) is 7.69. The first-order valence-electron chi connectivity index (χ1n) is 9.84. The van der Waals surface area contributed by atoms with Crippen molar-refractivity contribution in [3.05, 3.63) is 65.1 Å². The van der Waals surface area contributed by atoms with Crippen LogP contribution in [-0.2, 0) is 6.61 Å². The maximum atomic E-state index is 13.9. The van der Waals surface area contributed by atoms with Gasteiger partial charge in [0.1, 0.15) is 23.9 Å². The van der Waals surface area contributed by atoms with Crippen molar-refractivity contribution >= 4 is 11.6 Å². The highest BCUT2D eigenvalue weighted by Gasteiger charge is 2.23. The SMILES string of the molecule is CCCC(C)(N)CNC(=O)c1c(C)nc2c(OCc3c(F)cccc3F)cccn12. The third kappa shape index (κ3) is 4.59. The molecule has 2 aromatic heterocycles. The van der Waals surface area contributed by atoms with Crippen LogP contribution >= 0.6 is 0 Å². The molecular weight excluding hydrogens is 390 g/mol. The van der Waals surface area contributed by atoms with Gasteiger partial charge < -0.3 is 15.8 Å². The van der Waals surface area contributed by atoms with Crippen molar-refractivity contribution in [3.8, 4) is 5.75 Å². The number of hydrogen-bond donors (Lipinski definition) is 2. The number of rotatable bonds is 8. The number of aryl methyl sites for hydroxylation is 1. The van der Waals surface area contributed by atoms with Crippen molar-refractivity contribution in [2.24, 2.45) is 5.73 Å². The summed E-state index contributed by atoms with van der Waals surface area (Å²) in [6.07, 6.45) is 3.39. The summed E-state index contributed by atoms with van der Waals surface area (Å²) in [4.78, 5) is 17.2. The van der Waals surface area contributed by atoms with E-state index in [1.54, 1.807) is 29.7 Å². The number of halogens is 2. The van der Waals surface area contributed by atoms with Crippen LogP contribution in [0.3, 0.4) is 0 Å². The summed E-state index contributed by atoms with van der Waals surface area (Å²) in [6.45, 7) is 5.68. The Morgan fingerprint density at radius 3 is 2.63 bits per heavy atom. The number of amides is 1. The lowest BCUT2D eigenvalue weighted by atomic mass is 9.98. The van der Waals surface area contributed by atoms with Gasteiger partial charge in [0.05, 0.1) is 11.3 Å². The van der Waals surface area contributed by atoms with Crippen LogP contribution in [0.4, 0.5) is 8.78 Å². The molecule has 3 N–H and O–H groups in total. The Labute approximate surface area is 174 Å². The number of hydrogen-bond acceptors (Lipinski definition) is 4. The number of imidazole rings is 1. The molecule has 1 unspecified atom stereocenters. The summed E-state index contributed by atoms with van der Waals surface area (Å²) in [5.41, 5.74) is 6.79. The molecule has 1 aromatic carbocycles. The topological polar surface area (TPSA) is 81.6 Å². The van der Waals surface area contributed by atoms with Gasteiger partial charge in [0.25, 0.3) is 5.91 Å². The zero-order valence-electron chi connectivity index (χ0n) is 17.3. The zero-order valence-corrected chi connectivity index (χ0v) is 17.3. The van der Waals surface area contributed by atoms with Crippen LogP contribution in [0.15, 0.2) is 36.5 Å². The number of fused-ring (bicyclic) bond motifs is 1. The van der Waals surface area contributed by atoms with E-state index >= 15 is 0 Å². The first kappa shape index (κ1) is 21.7. The van der Waals surface area contributed by atoms with Gasteiger partial charge in [-0.05, 0) is 44.5 Å². The molecule has 0 aliphatic rings. The highest BCUT2D eigenvalue weighted by atomic mass is 19.1. The largest absolute Gasteiger partial charge is 0.485 e. The quantitative estimate of drug-likeness (QED) is 0.586.